The smallest absolute Gasteiger partial charge is 0.0793 e. The highest BCUT2D eigenvalue weighted by atomic mass is 16.5. The summed E-state index contributed by atoms with van der Waals surface area (Å²) >= 11 is 0. The molecule has 0 aliphatic carbocycles. The molecule has 1 aliphatic heterocycles. The highest BCUT2D eigenvalue weighted by molar-refractivity contribution is 5.59. The molecule has 1 saturated heterocycles. The number of piperidine rings is 1. The van der Waals surface area contributed by atoms with Gasteiger partial charge in [0.1, 0.15) is 0 Å². The van der Waals surface area contributed by atoms with Crippen molar-refractivity contribution in [3.8, 4) is 11.3 Å². The Bertz CT molecular complexity index is 601. The molecule has 1 aromatic carbocycles. The molecule has 1 aromatic heterocycles. The van der Waals surface area contributed by atoms with Gasteiger partial charge >= 0.3 is 0 Å². The van der Waals surface area contributed by atoms with Crippen LogP contribution in [0.1, 0.15) is 43.4 Å². The molecule has 0 N–H and O–H groups in total. The molecule has 23 heavy (non-hydrogen) atoms. The third-order valence-corrected chi connectivity index (χ3v) is 4.71. The molecule has 0 amide bonds. The van der Waals surface area contributed by atoms with Crippen LogP contribution < -0.4 is 0 Å². The third-order valence-electron chi connectivity index (χ3n) is 4.71. The third kappa shape index (κ3) is 4.18. The second-order valence-corrected chi connectivity index (χ2v) is 6.39. The van der Waals surface area contributed by atoms with Crippen molar-refractivity contribution < 1.29 is 4.74 Å². The molecule has 0 radical (unpaired) electrons. The van der Waals surface area contributed by atoms with Crippen LogP contribution in [0.5, 0.6) is 0 Å². The second-order valence-electron chi connectivity index (χ2n) is 6.39. The Balaban J connectivity index is 1.66. The monoisotopic (exact) mass is 310 g/mol. The fourth-order valence-electron chi connectivity index (χ4n) is 3.13. The van der Waals surface area contributed by atoms with E-state index in [1.54, 1.807) is 7.11 Å². The van der Waals surface area contributed by atoms with Crippen LogP contribution in [0.2, 0.25) is 0 Å². The summed E-state index contributed by atoms with van der Waals surface area (Å²) in [7, 11) is 1.74. The molecule has 2 aromatic rings. The fourth-order valence-corrected chi connectivity index (χ4v) is 3.13. The van der Waals surface area contributed by atoms with E-state index in [1.807, 2.05) is 6.20 Å². The Kier molecular flexibility index (Phi) is 5.42. The number of ether oxygens (including phenoxy) is 1. The molecule has 3 rings (SSSR count). The Morgan fingerprint density at radius 2 is 1.78 bits per heavy atom. The predicted octanol–water partition coefficient (Wildman–Crippen LogP) is 4.44. The maximum atomic E-state index is 5.35. The Labute approximate surface area is 139 Å². The predicted molar refractivity (Wildman–Crippen MR) is 94.2 cm³/mol. The molecular formula is C20H26N2O. The first-order valence-corrected chi connectivity index (χ1v) is 8.56. The average molecular weight is 310 g/mol. The highest BCUT2D eigenvalue weighted by Crippen LogP contribution is 2.22. The van der Waals surface area contributed by atoms with Gasteiger partial charge in [0.2, 0.25) is 0 Å². The number of pyridine rings is 1. The van der Waals surface area contributed by atoms with Crippen molar-refractivity contribution in [2.24, 2.45) is 0 Å². The van der Waals surface area contributed by atoms with Gasteiger partial charge in [-0.15, -0.1) is 0 Å². The van der Waals surface area contributed by atoms with Crippen LogP contribution >= 0.6 is 0 Å². The minimum atomic E-state index is 0.129. The van der Waals surface area contributed by atoms with Crippen LogP contribution in [0.4, 0.5) is 0 Å². The van der Waals surface area contributed by atoms with E-state index in [4.69, 9.17) is 4.74 Å². The van der Waals surface area contributed by atoms with E-state index in [2.05, 4.69) is 53.2 Å². The van der Waals surface area contributed by atoms with Crippen molar-refractivity contribution in [3.63, 3.8) is 0 Å². The molecular weight excluding hydrogens is 284 g/mol. The van der Waals surface area contributed by atoms with Gasteiger partial charge in [0.25, 0.3) is 0 Å². The summed E-state index contributed by atoms with van der Waals surface area (Å²) in [4.78, 5) is 7.18. The number of benzene rings is 1. The summed E-state index contributed by atoms with van der Waals surface area (Å²) in [5.74, 6) is 0. The summed E-state index contributed by atoms with van der Waals surface area (Å²) in [5, 5.41) is 0. The topological polar surface area (TPSA) is 25.4 Å². The van der Waals surface area contributed by atoms with E-state index in [0.29, 0.717) is 0 Å². The van der Waals surface area contributed by atoms with Gasteiger partial charge in [-0.2, -0.15) is 0 Å². The van der Waals surface area contributed by atoms with E-state index in [1.165, 1.54) is 43.5 Å². The van der Waals surface area contributed by atoms with Gasteiger partial charge in [-0.1, -0.05) is 36.8 Å². The summed E-state index contributed by atoms with van der Waals surface area (Å²) in [5.41, 5.74) is 4.68. The molecule has 1 unspecified atom stereocenters. The Hall–Kier alpha value is -1.71. The number of likely N-dealkylation sites (tertiary alicyclic amines) is 1. The van der Waals surface area contributed by atoms with Crippen LogP contribution in [0.3, 0.4) is 0 Å². The fraction of sp³-hybridized carbons (Fsp3) is 0.450. The van der Waals surface area contributed by atoms with Gasteiger partial charge in [0.05, 0.1) is 11.8 Å². The minimum Gasteiger partial charge on any atom is -0.377 e. The lowest BCUT2D eigenvalue weighted by Gasteiger charge is -2.26. The first-order valence-electron chi connectivity index (χ1n) is 8.56. The van der Waals surface area contributed by atoms with Gasteiger partial charge in [-0.25, -0.2) is 0 Å². The molecule has 122 valence electrons. The minimum absolute atomic E-state index is 0.129. The number of nitrogens with zero attached hydrogens (tertiary/aromatic N) is 2. The Morgan fingerprint density at radius 3 is 2.39 bits per heavy atom. The lowest BCUT2D eigenvalue weighted by Crippen LogP contribution is -2.29. The molecule has 0 bridgehead atoms. The largest absolute Gasteiger partial charge is 0.377 e. The summed E-state index contributed by atoms with van der Waals surface area (Å²) < 4.78 is 5.35. The molecule has 1 aliphatic rings. The van der Waals surface area contributed by atoms with Gasteiger partial charge < -0.3 is 4.74 Å². The van der Waals surface area contributed by atoms with Crippen molar-refractivity contribution in [1.82, 2.24) is 9.88 Å². The molecule has 0 spiro atoms. The van der Waals surface area contributed by atoms with E-state index in [9.17, 15) is 0 Å². The lowest BCUT2D eigenvalue weighted by atomic mass is 10.0. The lowest BCUT2D eigenvalue weighted by molar-refractivity contribution is 0.119. The maximum absolute atomic E-state index is 5.35. The van der Waals surface area contributed by atoms with Crippen LogP contribution in [0, 0.1) is 0 Å². The molecule has 1 fully saturated rings. The zero-order chi connectivity index (χ0) is 16.1. The number of rotatable bonds is 5. The normalized spacial score (nSPS) is 17.1. The highest BCUT2D eigenvalue weighted by Gasteiger charge is 2.11. The second kappa shape index (κ2) is 7.71. The standard InChI is InChI=1S/C20H26N2O/c1-16(23-2)18-7-9-19(10-8-18)20-11-6-17(14-21-20)15-22-12-4-3-5-13-22/h6-11,14,16H,3-5,12-13,15H2,1-2H3. The molecule has 1 atom stereocenters. The molecule has 3 heteroatoms. The van der Waals surface area contributed by atoms with Gasteiger partial charge in [-0.3, -0.25) is 9.88 Å². The molecule has 0 saturated carbocycles. The van der Waals surface area contributed by atoms with Gasteiger partial charge in [0.15, 0.2) is 0 Å². The average Bonchev–Trinajstić information content (AvgIpc) is 2.63. The van der Waals surface area contributed by atoms with Crippen LogP contribution in [0.15, 0.2) is 42.6 Å². The SMILES string of the molecule is COC(C)c1ccc(-c2ccc(CN3CCCCC3)cn2)cc1. The number of methoxy groups -OCH3 is 1. The van der Waals surface area contributed by atoms with E-state index in [-0.39, 0.29) is 6.10 Å². The first kappa shape index (κ1) is 16.2. The Morgan fingerprint density at radius 1 is 1.04 bits per heavy atom. The molecule has 2 heterocycles. The van der Waals surface area contributed by atoms with Crippen LogP contribution in [0.25, 0.3) is 11.3 Å². The first-order chi connectivity index (χ1) is 11.3. The van der Waals surface area contributed by atoms with Crippen molar-refractivity contribution in [1.29, 1.82) is 0 Å². The zero-order valence-corrected chi connectivity index (χ0v) is 14.2. The van der Waals surface area contributed by atoms with Crippen molar-refractivity contribution in [2.45, 2.75) is 38.8 Å². The van der Waals surface area contributed by atoms with Gasteiger partial charge in [-0.05, 0) is 50.0 Å². The number of hydrogen-bond acceptors (Lipinski definition) is 3. The summed E-state index contributed by atoms with van der Waals surface area (Å²) in [6.45, 7) is 5.53. The van der Waals surface area contributed by atoms with Crippen molar-refractivity contribution in [2.75, 3.05) is 20.2 Å². The van der Waals surface area contributed by atoms with E-state index in [0.717, 1.165) is 17.8 Å². The quantitative estimate of drug-likeness (QED) is 0.816. The van der Waals surface area contributed by atoms with Crippen molar-refractivity contribution in [3.05, 3.63) is 53.7 Å². The summed E-state index contributed by atoms with van der Waals surface area (Å²) in [6, 6.07) is 12.8. The van der Waals surface area contributed by atoms with Crippen LogP contribution in [-0.4, -0.2) is 30.1 Å². The van der Waals surface area contributed by atoms with E-state index < -0.39 is 0 Å². The van der Waals surface area contributed by atoms with Gasteiger partial charge in [0, 0.05) is 25.4 Å². The maximum Gasteiger partial charge on any atom is 0.0793 e. The van der Waals surface area contributed by atoms with E-state index >= 15 is 0 Å². The zero-order valence-electron chi connectivity index (χ0n) is 14.2. The summed E-state index contributed by atoms with van der Waals surface area (Å²) in [6.07, 6.45) is 6.19. The van der Waals surface area contributed by atoms with Crippen molar-refractivity contribution >= 4 is 0 Å². The number of hydrogen-bond donors (Lipinski definition) is 0. The number of aromatic nitrogens is 1. The van der Waals surface area contributed by atoms with Crippen LogP contribution in [-0.2, 0) is 11.3 Å². The molecule has 3 nitrogen and oxygen atoms in total.